The molecule has 0 bridgehead atoms. The van der Waals surface area contributed by atoms with Crippen molar-refractivity contribution in [1.82, 2.24) is 5.32 Å². The van der Waals surface area contributed by atoms with Gasteiger partial charge in [-0.05, 0) is 13.5 Å². The van der Waals surface area contributed by atoms with Crippen LogP contribution in [-0.4, -0.2) is 13.1 Å². The van der Waals surface area contributed by atoms with Gasteiger partial charge in [-0.3, -0.25) is 0 Å². The van der Waals surface area contributed by atoms with Gasteiger partial charge in [0.1, 0.15) is 0 Å². The van der Waals surface area contributed by atoms with Crippen molar-refractivity contribution in [3.63, 3.8) is 0 Å². The van der Waals surface area contributed by atoms with E-state index in [-0.39, 0.29) is 0 Å². The lowest BCUT2D eigenvalue weighted by Gasteiger charge is -1.81. The quantitative estimate of drug-likeness (QED) is 0.456. The molecule has 1 aliphatic carbocycles. The second-order valence-corrected chi connectivity index (χ2v) is 1.70. The molecule has 0 amide bonds. The van der Waals surface area contributed by atoms with Crippen molar-refractivity contribution in [3.05, 3.63) is 12.2 Å². The topological polar surface area (TPSA) is 12.0 Å². The molecule has 1 nitrogen and oxygen atoms in total. The number of nitrogens with one attached hydrogen (secondary N) is 1. The molecule has 0 spiro atoms. The van der Waals surface area contributed by atoms with E-state index in [0.717, 1.165) is 0 Å². The summed E-state index contributed by atoms with van der Waals surface area (Å²) in [6.45, 7) is 3.76. The third kappa shape index (κ3) is 0.455. The second kappa shape index (κ2) is 1.09. The molecule has 1 N–H and O–H groups in total. The van der Waals surface area contributed by atoms with Crippen molar-refractivity contribution in [2.45, 2.75) is 12.5 Å². The van der Waals surface area contributed by atoms with Gasteiger partial charge in [0.2, 0.25) is 0 Å². The zero-order valence-corrected chi connectivity index (χ0v) is 3.99. The zero-order valence-electron chi connectivity index (χ0n) is 3.99. The Labute approximate surface area is 38.1 Å². The van der Waals surface area contributed by atoms with Crippen LogP contribution in [0.5, 0.6) is 0 Å². The van der Waals surface area contributed by atoms with Crippen molar-refractivity contribution >= 4 is 0 Å². The van der Waals surface area contributed by atoms with Crippen LogP contribution in [0.2, 0.25) is 0 Å². The highest BCUT2D eigenvalue weighted by molar-refractivity contribution is 5.23. The third-order valence-electron chi connectivity index (χ3n) is 1.15. The van der Waals surface area contributed by atoms with E-state index >= 15 is 0 Å². The first-order valence-electron chi connectivity index (χ1n) is 2.19. The van der Waals surface area contributed by atoms with E-state index in [0.29, 0.717) is 6.04 Å². The van der Waals surface area contributed by atoms with Gasteiger partial charge >= 0.3 is 0 Å². The van der Waals surface area contributed by atoms with Crippen LogP contribution >= 0.6 is 0 Å². The summed E-state index contributed by atoms with van der Waals surface area (Å²) in [6, 6.07) is 0.657. The smallest absolute Gasteiger partial charge is 0.0312 e. The predicted octanol–water partition coefficient (Wildman–Crippen LogP) is 0.534. The fraction of sp³-hybridized carbons (Fsp3) is 0.600. The Morgan fingerprint density at radius 1 is 2.00 bits per heavy atom. The lowest BCUT2D eigenvalue weighted by atomic mass is 10.6. The summed E-state index contributed by atoms with van der Waals surface area (Å²) in [4.78, 5) is 0. The van der Waals surface area contributed by atoms with Gasteiger partial charge in [0.05, 0.1) is 0 Å². The van der Waals surface area contributed by atoms with E-state index < -0.39 is 0 Å². The fourth-order valence-corrected chi connectivity index (χ4v) is 0.509. The summed E-state index contributed by atoms with van der Waals surface area (Å²) in [5, 5.41) is 3.09. The molecule has 0 aromatic carbocycles. The van der Waals surface area contributed by atoms with Gasteiger partial charge in [-0.15, -0.1) is 0 Å². The van der Waals surface area contributed by atoms with Crippen LogP contribution in [0.1, 0.15) is 6.42 Å². The van der Waals surface area contributed by atoms with Crippen LogP contribution in [0.15, 0.2) is 12.2 Å². The van der Waals surface area contributed by atoms with Crippen LogP contribution in [-0.2, 0) is 0 Å². The Bertz CT molecular complexity index is 76.0. The molecule has 1 heteroatoms. The van der Waals surface area contributed by atoms with Crippen LogP contribution in [0.4, 0.5) is 0 Å². The highest BCUT2D eigenvalue weighted by Gasteiger charge is 2.23. The van der Waals surface area contributed by atoms with Crippen LogP contribution in [0.25, 0.3) is 0 Å². The molecule has 1 unspecified atom stereocenters. The summed E-state index contributed by atoms with van der Waals surface area (Å²) < 4.78 is 0. The van der Waals surface area contributed by atoms with E-state index in [1.54, 1.807) is 0 Å². The van der Waals surface area contributed by atoms with Crippen LogP contribution in [0.3, 0.4) is 0 Å². The molecule has 0 aromatic heterocycles. The molecule has 1 rings (SSSR count). The van der Waals surface area contributed by atoms with Crippen molar-refractivity contribution in [2.24, 2.45) is 0 Å². The molecule has 34 valence electrons. The molecule has 0 aliphatic heterocycles. The summed E-state index contributed by atoms with van der Waals surface area (Å²) in [5.41, 5.74) is 1.34. The maximum Gasteiger partial charge on any atom is 0.0312 e. The lowest BCUT2D eigenvalue weighted by molar-refractivity contribution is 0.832. The summed E-state index contributed by atoms with van der Waals surface area (Å²) in [7, 11) is 1.96. The minimum absolute atomic E-state index is 0.657. The van der Waals surface area contributed by atoms with Gasteiger partial charge < -0.3 is 5.32 Å². The first kappa shape index (κ1) is 3.88. The van der Waals surface area contributed by atoms with Crippen molar-refractivity contribution in [2.75, 3.05) is 7.05 Å². The summed E-state index contributed by atoms with van der Waals surface area (Å²) >= 11 is 0. The Morgan fingerprint density at radius 3 is 2.50 bits per heavy atom. The van der Waals surface area contributed by atoms with Crippen LogP contribution < -0.4 is 5.32 Å². The third-order valence-corrected chi connectivity index (χ3v) is 1.15. The Morgan fingerprint density at radius 2 is 2.50 bits per heavy atom. The summed E-state index contributed by atoms with van der Waals surface area (Å²) in [6.07, 6.45) is 1.19. The molecular formula is C5H9N. The Balaban J connectivity index is 2.26. The number of hydrogen-bond acceptors (Lipinski definition) is 1. The number of likely N-dealkylation sites (N-methyl/N-ethyl adjacent to an activating group) is 1. The Kier molecular flexibility index (Phi) is 0.701. The average molecular weight is 83.1 g/mol. The molecule has 1 fully saturated rings. The lowest BCUT2D eigenvalue weighted by Crippen LogP contribution is -2.07. The monoisotopic (exact) mass is 83.1 g/mol. The molecule has 0 aromatic rings. The SMILES string of the molecule is C=C1CC1NC. The van der Waals surface area contributed by atoms with Gasteiger partial charge in [-0.1, -0.05) is 12.2 Å². The van der Waals surface area contributed by atoms with E-state index in [9.17, 15) is 0 Å². The summed E-state index contributed by atoms with van der Waals surface area (Å²) in [5.74, 6) is 0. The van der Waals surface area contributed by atoms with Crippen molar-refractivity contribution in [1.29, 1.82) is 0 Å². The predicted molar refractivity (Wildman–Crippen MR) is 26.6 cm³/mol. The maximum absolute atomic E-state index is 3.76. The average Bonchev–Trinajstić information content (AvgIpc) is 2.19. The molecule has 0 radical (unpaired) electrons. The van der Waals surface area contributed by atoms with Gasteiger partial charge in [-0.2, -0.15) is 0 Å². The first-order chi connectivity index (χ1) is 2.84. The standard InChI is InChI=1S/C5H9N/c1-4-3-5(4)6-2/h5-6H,1,3H2,2H3. The van der Waals surface area contributed by atoms with Crippen molar-refractivity contribution < 1.29 is 0 Å². The maximum atomic E-state index is 3.76. The van der Waals surface area contributed by atoms with E-state index in [1.165, 1.54) is 12.0 Å². The van der Waals surface area contributed by atoms with E-state index in [2.05, 4.69) is 11.9 Å². The molecule has 1 aliphatic rings. The minimum Gasteiger partial charge on any atom is -0.313 e. The molecule has 0 heterocycles. The molecule has 1 atom stereocenters. The first-order valence-corrected chi connectivity index (χ1v) is 2.19. The van der Waals surface area contributed by atoms with Gasteiger partial charge in [0.15, 0.2) is 0 Å². The van der Waals surface area contributed by atoms with Crippen molar-refractivity contribution in [3.8, 4) is 0 Å². The number of rotatable bonds is 1. The van der Waals surface area contributed by atoms with Gasteiger partial charge in [0.25, 0.3) is 0 Å². The minimum atomic E-state index is 0.657. The second-order valence-electron chi connectivity index (χ2n) is 1.70. The Hall–Kier alpha value is -0.300. The largest absolute Gasteiger partial charge is 0.313 e. The molecule has 1 saturated carbocycles. The van der Waals surface area contributed by atoms with Gasteiger partial charge in [0, 0.05) is 6.04 Å². The highest BCUT2D eigenvalue weighted by atomic mass is 14.9. The number of hydrogen-bond donors (Lipinski definition) is 1. The normalized spacial score (nSPS) is 30.8. The zero-order chi connectivity index (χ0) is 4.57. The highest BCUT2D eigenvalue weighted by Crippen LogP contribution is 2.25. The fourth-order valence-electron chi connectivity index (χ4n) is 0.509. The molecule has 6 heavy (non-hydrogen) atoms. The molecular weight excluding hydrogens is 74.1 g/mol. The van der Waals surface area contributed by atoms with E-state index in [4.69, 9.17) is 0 Å². The van der Waals surface area contributed by atoms with Crippen LogP contribution in [0, 0.1) is 0 Å². The van der Waals surface area contributed by atoms with Gasteiger partial charge in [-0.25, -0.2) is 0 Å². The molecule has 0 saturated heterocycles. The van der Waals surface area contributed by atoms with E-state index in [1.807, 2.05) is 7.05 Å².